The van der Waals surface area contributed by atoms with Gasteiger partial charge in [0.1, 0.15) is 17.5 Å². The molecule has 4 rings (SSSR count). The van der Waals surface area contributed by atoms with E-state index in [4.69, 9.17) is 0 Å². The SMILES string of the molecule is O=C(NCC#Cc1cnc2nc1NCCCNS(=O)(=O)c1cccc(c1)N2)Nc1cc(F)ccc1F. The van der Waals surface area contributed by atoms with Crippen LogP contribution in [0.25, 0.3) is 0 Å². The molecule has 186 valence electrons. The van der Waals surface area contributed by atoms with Crippen molar-refractivity contribution >= 4 is 39.2 Å². The molecule has 2 aromatic carbocycles. The fourth-order valence-corrected chi connectivity index (χ4v) is 4.27. The van der Waals surface area contributed by atoms with Crippen LogP contribution in [0.4, 0.5) is 36.7 Å². The molecule has 0 aliphatic carbocycles. The van der Waals surface area contributed by atoms with Crippen molar-refractivity contribution in [2.45, 2.75) is 11.3 Å². The van der Waals surface area contributed by atoms with Crippen LogP contribution in [-0.4, -0.2) is 44.1 Å². The summed E-state index contributed by atoms with van der Waals surface area (Å²) in [7, 11) is -3.65. The monoisotopic (exact) mass is 513 g/mol. The molecular formula is C23H21F2N7O3S. The number of halogens is 2. The Hall–Kier alpha value is -4.28. The van der Waals surface area contributed by atoms with E-state index in [2.05, 4.69) is 47.8 Å². The van der Waals surface area contributed by atoms with Crippen LogP contribution in [0.3, 0.4) is 0 Å². The number of hydrogen-bond donors (Lipinski definition) is 5. The van der Waals surface area contributed by atoms with Crippen LogP contribution >= 0.6 is 0 Å². The normalized spacial score (nSPS) is 14.3. The molecule has 2 amide bonds. The number of fused-ring (bicyclic) bond motifs is 4. The first-order valence-corrected chi connectivity index (χ1v) is 12.2. The van der Waals surface area contributed by atoms with Crippen LogP contribution in [0.1, 0.15) is 12.0 Å². The molecule has 0 saturated carbocycles. The lowest BCUT2D eigenvalue weighted by Gasteiger charge is -2.10. The van der Waals surface area contributed by atoms with Gasteiger partial charge in [-0.15, -0.1) is 0 Å². The first kappa shape index (κ1) is 24.8. The average Bonchev–Trinajstić information content (AvgIpc) is 2.85. The van der Waals surface area contributed by atoms with Gasteiger partial charge in [0.25, 0.3) is 0 Å². The zero-order valence-electron chi connectivity index (χ0n) is 18.7. The van der Waals surface area contributed by atoms with Gasteiger partial charge in [-0.25, -0.2) is 31.7 Å². The molecule has 13 heteroatoms. The van der Waals surface area contributed by atoms with E-state index in [0.717, 1.165) is 18.2 Å². The van der Waals surface area contributed by atoms with E-state index >= 15 is 0 Å². The van der Waals surface area contributed by atoms with Crippen molar-refractivity contribution in [1.82, 2.24) is 20.0 Å². The van der Waals surface area contributed by atoms with Gasteiger partial charge in [0.2, 0.25) is 16.0 Å². The summed E-state index contributed by atoms with van der Waals surface area (Å²) in [6, 6.07) is 8.26. The van der Waals surface area contributed by atoms with E-state index in [1.165, 1.54) is 18.3 Å². The van der Waals surface area contributed by atoms with Crippen LogP contribution in [0.5, 0.6) is 0 Å². The predicted molar refractivity (Wildman–Crippen MR) is 130 cm³/mol. The maximum atomic E-state index is 13.6. The van der Waals surface area contributed by atoms with E-state index in [1.54, 1.807) is 12.1 Å². The summed E-state index contributed by atoms with van der Waals surface area (Å²) in [4.78, 5) is 20.7. The molecule has 0 saturated heterocycles. The number of hydrogen-bond acceptors (Lipinski definition) is 7. The summed E-state index contributed by atoms with van der Waals surface area (Å²) in [5, 5.41) is 10.7. The van der Waals surface area contributed by atoms with Gasteiger partial charge in [0.05, 0.1) is 28.9 Å². The Labute approximate surface area is 206 Å². The maximum absolute atomic E-state index is 13.6. The van der Waals surface area contributed by atoms with E-state index in [1.807, 2.05) is 0 Å². The van der Waals surface area contributed by atoms with E-state index in [9.17, 15) is 22.0 Å². The number of rotatable bonds is 2. The number of urea groups is 1. The van der Waals surface area contributed by atoms with Crippen molar-refractivity contribution in [3.05, 3.63) is 65.9 Å². The summed E-state index contributed by atoms with van der Waals surface area (Å²) in [5.41, 5.74) is 0.648. The summed E-state index contributed by atoms with van der Waals surface area (Å²) >= 11 is 0. The lowest BCUT2D eigenvalue weighted by Crippen LogP contribution is -2.29. The molecule has 0 fully saturated rings. The van der Waals surface area contributed by atoms with Crippen molar-refractivity contribution in [2.75, 3.05) is 35.6 Å². The average molecular weight is 514 g/mol. The Morgan fingerprint density at radius 3 is 2.86 bits per heavy atom. The Balaban J connectivity index is 1.45. The Bertz CT molecular complexity index is 1460. The molecule has 1 aliphatic rings. The van der Waals surface area contributed by atoms with Crippen molar-refractivity contribution in [3.63, 3.8) is 0 Å². The molecule has 0 spiro atoms. The van der Waals surface area contributed by atoms with Gasteiger partial charge in [-0.3, -0.25) is 0 Å². The second-order valence-corrected chi connectivity index (χ2v) is 9.29. The first-order chi connectivity index (χ1) is 17.3. The summed E-state index contributed by atoms with van der Waals surface area (Å²) < 4.78 is 54.4. The lowest BCUT2D eigenvalue weighted by molar-refractivity contribution is 0.253. The maximum Gasteiger partial charge on any atom is 0.320 e. The molecular weight excluding hydrogens is 492 g/mol. The quantitative estimate of drug-likeness (QED) is 0.332. The molecule has 2 heterocycles. The highest BCUT2D eigenvalue weighted by molar-refractivity contribution is 7.89. The van der Waals surface area contributed by atoms with E-state index in [0.29, 0.717) is 30.0 Å². The fraction of sp³-hybridized carbons (Fsp3) is 0.174. The van der Waals surface area contributed by atoms with Crippen molar-refractivity contribution in [3.8, 4) is 11.8 Å². The van der Waals surface area contributed by atoms with Crippen LogP contribution in [0.2, 0.25) is 0 Å². The van der Waals surface area contributed by atoms with Gasteiger partial charge in [-0.2, -0.15) is 4.98 Å². The molecule has 36 heavy (non-hydrogen) atoms. The minimum atomic E-state index is -3.65. The van der Waals surface area contributed by atoms with Crippen LogP contribution in [-0.2, 0) is 10.0 Å². The standard InChI is InChI=1S/C23H21F2N7O3S/c24-16-7-8-19(25)20(12-16)31-23(33)27-9-2-4-15-14-28-22-30-17-5-1-6-18(13-17)36(34,35)29-11-3-10-26-21(15)32-22/h1,5-8,12-14,29H,3,9-11H2,(H2,27,31,33)(H2,26,28,30,32). The lowest BCUT2D eigenvalue weighted by atomic mass is 10.3. The van der Waals surface area contributed by atoms with E-state index in [-0.39, 0.29) is 29.6 Å². The summed E-state index contributed by atoms with van der Waals surface area (Å²) in [6.07, 6.45) is 1.97. The third-order valence-corrected chi connectivity index (χ3v) is 6.32. The zero-order chi connectivity index (χ0) is 25.5. The number of aromatic nitrogens is 2. The number of anilines is 4. The topological polar surface area (TPSA) is 137 Å². The van der Waals surface area contributed by atoms with Gasteiger partial charge >= 0.3 is 6.03 Å². The summed E-state index contributed by atoms with van der Waals surface area (Å²) in [5.74, 6) is 4.81. The first-order valence-electron chi connectivity index (χ1n) is 10.8. The number of sulfonamides is 1. The molecule has 0 atom stereocenters. The van der Waals surface area contributed by atoms with Gasteiger partial charge in [-0.1, -0.05) is 17.9 Å². The van der Waals surface area contributed by atoms with Gasteiger partial charge in [-0.05, 0) is 36.8 Å². The molecule has 0 unspecified atom stereocenters. The highest BCUT2D eigenvalue weighted by atomic mass is 32.2. The fourth-order valence-electron chi connectivity index (χ4n) is 3.15. The van der Waals surface area contributed by atoms with E-state index < -0.39 is 27.7 Å². The third kappa shape index (κ3) is 6.44. The summed E-state index contributed by atoms with van der Waals surface area (Å²) in [6.45, 7) is 0.540. The van der Waals surface area contributed by atoms with Crippen LogP contribution in [0.15, 0.2) is 53.6 Å². The molecule has 10 nitrogen and oxygen atoms in total. The highest BCUT2D eigenvalue weighted by Crippen LogP contribution is 2.21. The molecule has 0 radical (unpaired) electrons. The largest absolute Gasteiger partial charge is 0.369 e. The molecule has 1 aromatic heterocycles. The van der Waals surface area contributed by atoms with Crippen LogP contribution in [0, 0.1) is 23.5 Å². The Morgan fingerprint density at radius 1 is 1.14 bits per heavy atom. The van der Waals surface area contributed by atoms with Crippen LogP contribution < -0.4 is 26.0 Å². The minimum absolute atomic E-state index is 0.0865. The van der Waals surface area contributed by atoms with Gasteiger partial charge in [0.15, 0.2) is 0 Å². The number of nitrogens with one attached hydrogen (secondary N) is 5. The predicted octanol–water partition coefficient (Wildman–Crippen LogP) is 2.77. The molecule has 5 N–H and O–H groups in total. The third-order valence-electron chi connectivity index (χ3n) is 4.86. The van der Waals surface area contributed by atoms with Crippen molar-refractivity contribution < 1.29 is 22.0 Å². The Morgan fingerprint density at radius 2 is 2.00 bits per heavy atom. The Kier molecular flexibility index (Phi) is 7.57. The smallest absolute Gasteiger partial charge is 0.320 e. The second-order valence-electron chi connectivity index (χ2n) is 7.52. The number of nitrogens with zero attached hydrogens (tertiary/aromatic N) is 2. The number of carbonyl (C=O) groups excluding carboxylic acids is 1. The number of amides is 2. The highest BCUT2D eigenvalue weighted by Gasteiger charge is 2.15. The van der Waals surface area contributed by atoms with Gasteiger partial charge < -0.3 is 21.3 Å². The van der Waals surface area contributed by atoms with Crippen molar-refractivity contribution in [2.24, 2.45) is 0 Å². The molecule has 4 bridgehead atoms. The molecule has 1 aliphatic heterocycles. The minimum Gasteiger partial charge on any atom is -0.369 e. The van der Waals surface area contributed by atoms with Gasteiger partial charge in [0, 0.05) is 24.8 Å². The zero-order valence-corrected chi connectivity index (χ0v) is 19.5. The second kappa shape index (κ2) is 11.0. The molecule has 3 aromatic rings. The van der Waals surface area contributed by atoms with Crippen molar-refractivity contribution in [1.29, 1.82) is 0 Å². The number of carbonyl (C=O) groups is 1. The number of benzene rings is 2.